The highest BCUT2D eigenvalue weighted by atomic mass is 32.1. The minimum absolute atomic E-state index is 0.0185. The minimum Gasteiger partial charge on any atom is -0.478 e. The number of allylic oxidation sites excluding steroid dienone is 1. The Kier molecular flexibility index (Phi) is 6.87. The lowest BCUT2D eigenvalue weighted by molar-refractivity contribution is -0.137. The molecule has 4 nitrogen and oxygen atoms in total. The van der Waals surface area contributed by atoms with Gasteiger partial charge in [-0.1, -0.05) is 42.8 Å². The first-order chi connectivity index (χ1) is 18.2. The molecule has 1 heterocycles. The SMILES string of the molecule is N#Cc1cc(C(F)(F)F)ccc1C(=C(c1ccc(C=CC(=O)O)cc1)c1ccc2scnc2c1)C1CCC1. The number of fused-ring (bicyclic) bond motifs is 1. The number of alkyl halides is 3. The van der Waals surface area contributed by atoms with Gasteiger partial charge in [-0.2, -0.15) is 18.4 Å². The van der Waals surface area contributed by atoms with Crippen molar-refractivity contribution in [3.05, 3.63) is 106 Å². The summed E-state index contributed by atoms with van der Waals surface area (Å²) in [6.45, 7) is 0. The van der Waals surface area contributed by atoms with E-state index in [2.05, 4.69) is 4.98 Å². The van der Waals surface area contributed by atoms with Crippen molar-refractivity contribution in [3.63, 3.8) is 0 Å². The van der Waals surface area contributed by atoms with Crippen LogP contribution >= 0.6 is 11.3 Å². The first-order valence-corrected chi connectivity index (χ1v) is 12.8. The molecule has 0 aliphatic heterocycles. The van der Waals surface area contributed by atoms with E-state index in [1.807, 2.05) is 36.4 Å². The molecule has 5 rings (SSSR count). The van der Waals surface area contributed by atoms with Crippen LogP contribution in [0.15, 0.2) is 72.3 Å². The van der Waals surface area contributed by atoms with E-state index in [9.17, 15) is 23.2 Å². The molecule has 0 saturated heterocycles. The highest BCUT2D eigenvalue weighted by Gasteiger charge is 2.33. The van der Waals surface area contributed by atoms with Crippen molar-refractivity contribution in [1.82, 2.24) is 4.98 Å². The number of rotatable bonds is 6. The van der Waals surface area contributed by atoms with Crippen LogP contribution in [0.25, 0.3) is 27.4 Å². The largest absolute Gasteiger partial charge is 0.478 e. The predicted octanol–water partition coefficient (Wildman–Crippen LogP) is 8.04. The van der Waals surface area contributed by atoms with Gasteiger partial charge in [-0.05, 0) is 82.5 Å². The normalized spacial score (nSPS) is 14.8. The van der Waals surface area contributed by atoms with E-state index in [0.29, 0.717) is 11.1 Å². The third-order valence-corrected chi connectivity index (χ3v) is 7.59. The third-order valence-electron chi connectivity index (χ3n) is 6.78. The summed E-state index contributed by atoms with van der Waals surface area (Å²) in [7, 11) is 0. The molecule has 1 fully saturated rings. The van der Waals surface area contributed by atoms with E-state index in [1.54, 1.807) is 17.6 Å². The van der Waals surface area contributed by atoms with Crippen LogP contribution in [-0.2, 0) is 11.0 Å². The molecule has 0 atom stereocenters. The molecule has 3 aromatic carbocycles. The molecular weight excluding hydrogens is 509 g/mol. The Balaban J connectivity index is 1.77. The van der Waals surface area contributed by atoms with Gasteiger partial charge in [0.2, 0.25) is 0 Å². The Morgan fingerprint density at radius 1 is 1.05 bits per heavy atom. The predicted molar refractivity (Wildman–Crippen MR) is 142 cm³/mol. The molecule has 1 aliphatic rings. The smallest absolute Gasteiger partial charge is 0.416 e. The molecule has 0 spiro atoms. The van der Waals surface area contributed by atoms with Gasteiger partial charge in [0.15, 0.2) is 0 Å². The van der Waals surface area contributed by atoms with Crippen molar-refractivity contribution in [3.8, 4) is 6.07 Å². The van der Waals surface area contributed by atoms with Gasteiger partial charge in [0.05, 0.1) is 32.9 Å². The quantitative estimate of drug-likeness (QED) is 0.202. The molecular formula is C30H21F3N2O2S. The average Bonchev–Trinajstić information content (AvgIpc) is 3.34. The van der Waals surface area contributed by atoms with Crippen LogP contribution < -0.4 is 0 Å². The van der Waals surface area contributed by atoms with Gasteiger partial charge in [-0.15, -0.1) is 11.3 Å². The molecule has 8 heteroatoms. The maximum Gasteiger partial charge on any atom is 0.416 e. The Bertz CT molecular complexity index is 1620. The van der Waals surface area contributed by atoms with Crippen molar-refractivity contribution >= 4 is 44.7 Å². The van der Waals surface area contributed by atoms with Crippen molar-refractivity contribution in [2.75, 3.05) is 0 Å². The third kappa shape index (κ3) is 5.11. The summed E-state index contributed by atoms with van der Waals surface area (Å²) >= 11 is 1.52. The zero-order chi connectivity index (χ0) is 26.9. The zero-order valence-electron chi connectivity index (χ0n) is 20.0. The fourth-order valence-corrected chi connectivity index (χ4v) is 5.38. The summed E-state index contributed by atoms with van der Waals surface area (Å²) in [5.41, 5.74) is 6.22. The Morgan fingerprint density at radius 3 is 2.42 bits per heavy atom. The molecule has 0 radical (unpaired) electrons. The van der Waals surface area contributed by atoms with Crippen LogP contribution in [0.3, 0.4) is 0 Å². The number of carbonyl (C=O) groups is 1. The summed E-state index contributed by atoms with van der Waals surface area (Å²) in [6, 6.07) is 18.6. The number of nitriles is 1. The minimum atomic E-state index is -4.55. The Morgan fingerprint density at radius 2 is 1.79 bits per heavy atom. The number of halogens is 3. The highest BCUT2D eigenvalue weighted by Crippen LogP contribution is 2.47. The zero-order valence-corrected chi connectivity index (χ0v) is 20.8. The molecule has 38 heavy (non-hydrogen) atoms. The number of hydrogen-bond donors (Lipinski definition) is 1. The monoisotopic (exact) mass is 530 g/mol. The first kappa shape index (κ1) is 25.4. The highest BCUT2D eigenvalue weighted by molar-refractivity contribution is 7.16. The van der Waals surface area contributed by atoms with Gasteiger partial charge < -0.3 is 5.11 Å². The number of carboxylic acid groups (broad SMARTS) is 1. The summed E-state index contributed by atoms with van der Waals surface area (Å²) in [5, 5.41) is 18.9. The van der Waals surface area contributed by atoms with Crippen LogP contribution in [0, 0.1) is 17.2 Å². The lowest BCUT2D eigenvalue weighted by Gasteiger charge is -2.32. The van der Waals surface area contributed by atoms with Crippen LogP contribution in [0.1, 0.15) is 52.6 Å². The van der Waals surface area contributed by atoms with Crippen LogP contribution in [0.5, 0.6) is 0 Å². The van der Waals surface area contributed by atoms with Crippen molar-refractivity contribution in [2.24, 2.45) is 5.92 Å². The second-order valence-electron chi connectivity index (χ2n) is 9.11. The number of aromatic nitrogens is 1. The maximum atomic E-state index is 13.5. The van der Waals surface area contributed by atoms with Gasteiger partial charge in [0, 0.05) is 6.08 Å². The van der Waals surface area contributed by atoms with E-state index in [-0.39, 0.29) is 11.5 Å². The van der Waals surface area contributed by atoms with Gasteiger partial charge in [0.1, 0.15) is 0 Å². The van der Waals surface area contributed by atoms with Gasteiger partial charge in [-0.3, -0.25) is 0 Å². The number of benzene rings is 3. The second kappa shape index (κ2) is 10.3. The number of carboxylic acids is 1. The molecule has 1 aromatic heterocycles. The lowest BCUT2D eigenvalue weighted by atomic mass is 9.72. The molecule has 0 unspecified atom stereocenters. The standard InChI is InChI=1S/C30H21F3N2O2S/c31-30(32,33)23-10-11-24(22(14-23)16-34)29(19-2-1-3-19)28(21-9-12-26-25(15-21)35-17-38-26)20-7-4-18(5-8-20)6-13-27(36)37/h4-15,17,19H,1-3H2,(H,36,37). The van der Waals surface area contributed by atoms with Crippen LogP contribution in [-0.4, -0.2) is 16.1 Å². The topological polar surface area (TPSA) is 74.0 Å². The van der Waals surface area contributed by atoms with Gasteiger partial charge in [0.25, 0.3) is 0 Å². The molecule has 1 aliphatic carbocycles. The van der Waals surface area contributed by atoms with Crippen molar-refractivity contribution < 1.29 is 23.1 Å². The van der Waals surface area contributed by atoms with E-state index in [0.717, 1.165) is 70.0 Å². The number of hydrogen-bond acceptors (Lipinski definition) is 4. The van der Waals surface area contributed by atoms with Crippen molar-refractivity contribution in [1.29, 1.82) is 5.26 Å². The van der Waals surface area contributed by atoms with Gasteiger partial charge >= 0.3 is 12.1 Å². The summed E-state index contributed by atoms with van der Waals surface area (Å²) in [4.78, 5) is 15.4. The molecule has 0 bridgehead atoms. The molecule has 4 aromatic rings. The molecule has 190 valence electrons. The second-order valence-corrected chi connectivity index (χ2v) is 10.0. The van der Waals surface area contributed by atoms with E-state index >= 15 is 0 Å². The number of nitrogens with zero attached hydrogens (tertiary/aromatic N) is 2. The fraction of sp³-hybridized carbons (Fsp3) is 0.167. The van der Waals surface area contributed by atoms with Crippen molar-refractivity contribution in [2.45, 2.75) is 25.4 Å². The first-order valence-electron chi connectivity index (χ1n) is 12.0. The fourth-order valence-electron chi connectivity index (χ4n) is 4.72. The van der Waals surface area contributed by atoms with E-state index in [1.165, 1.54) is 23.5 Å². The van der Waals surface area contributed by atoms with Crippen LogP contribution in [0.2, 0.25) is 0 Å². The summed E-state index contributed by atoms with van der Waals surface area (Å²) in [5.74, 6) is -0.976. The summed E-state index contributed by atoms with van der Waals surface area (Å²) < 4.78 is 41.4. The Hall–Kier alpha value is -4.22. The molecule has 1 saturated carbocycles. The molecule has 0 amide bonds. The number of aliphatic carboxylic acids is 1. The maximum absolute atomic E-state index is 13.5. The van der Waals surface area contributed by atoms with Crippen LogP contribution in [0.4, 0.5) is 13.2 Å². The molecule has 1 N–H and O–H groups in total. The summed E-state index contributed by atoms with van der Waals surface area (Å²) in [6.07, 6.45) is 0.721. The lowest BCUT2D eigenvalue weighted by Crippen LogP contribution is -2.16. The Labute approximate surface area is 221 Å². The van der Waals surface area contributed by atoms with Gasteiger partial charge in [-0.25, -0.2) is 9.78 Å². The average molecular weight is 531 g/mol. The number of thiazole rings is 1. The van der Waals surface area contributed by atoms with E-state index < -0.39 is 17.7 Å². The van der Waals surface area contributed by atoms with E-state index in [4.69, 9.17) is 5.11 Å².